The van der Waals surface area contributed by atoms with Crippen molar-refractivity contribution in [3.05, 3.63) is 70.7 Å². The average Bonchev–Trinajstić information content (AvgIpc) is 3.15. The van der Waals surface area contributed by atoms with Crippen LogP contribution in [0.1, 0.15) is 16.1 Å². The van der Waals surface area contributed by atoms with E-state index in [0.29, 0.717) is 10.6 Å². The molecule has 3 aromatic rings. The molecule has 0 aliphatic rings. The summed E-state index contributed by atoms with van der Waals surface area (Å²) in [6, 6.07) is 15.1. The Morgan fingerprint density at radius 3 is 2.34 bits per heavy atom. The molecule has 0 spiro atoms. The number of aryl methyl sites for hydroxylation is 1. The Morgan fingerprint density at radius 1 is 0.969 bits per heavy atom. The Labute approximate surface area is 190 Å². The third kappa shape index (κ3) is 7.19. The minimum absolute atomic E-state index is 0.101. The molecule has 3 rings (SSSR count). The number of nitrogens with zero attached hydrogens (tertiary/aromatic N) is 2. The molecule has 0 bridgehead atoms. The first kappa shape index (κ1) is 24.0. The highest BCUT2D eigenvalue weighted by molar-refractivity contribution is 7.91. The van der Waals surface area contributed by atoms with Crippen LogP contribution in [0, 0.1) is 6.92 Å². The van der Waals surface area contributed by atoms with Crippen LogP contribution in [0.4, 0.5) is 5.13 Å². The number of benzene rings is 2. The third-order valence-electron chi connectivity index (χ3n) is 4.26. The van der Waals surface area contributed by atoms with Crippen LogP contribution in [0.5, 0.6) is 0 Å². The first-order valence-corrected chi connectivity index (χ1v) is 13.7. The highest BCUT2D eigenvalue weighted by atomic mass is 32.2. The molecule has 0 atom stereocenters. The van der Waals surface area contributed by atoms with Crippen LogP contribution in [-0.2, 0) is 36.8 Å². The van der Waals surface area contributed by atoms with Gasteiger partial charge >= 0.3 is 0 Å². The maximum absolute atomic E-state index is 12.3. The number of sulfonamides is 1. The molecule has 2 aromatic carbocycles. The molecule has 0 unspecified atom stereocenters. The molecule has 1 aromatic heterocycles. The normalized spacial score (nSPS) is 11.9. The molecule has 0 saturated heterocycles. The van der Waals surface area contributed by atoms with E-state index in [1.165, 1.54) is 12.1 Å². The molecular formula is C20H22N4O5S3. The third-order valence-corrected chi connectivity index (χ3v) is 8.11. The van der Waals surface area contributed by atoms with E-state index in [1.807, 2.05) is 6.92 Å². The lowest BCUT2D eigenvalue weighted by atomic mass is 10.2. The number of rotatable bonds is 10. The van der Waals surface area contributed by atoms with Gasteiger partial charge in [-0.15, -0.1) is 10.2 Å². The van der Waals surface area contributed by atoms with E-state index in [2.05, 4.69) is 20.2 Å². The SMILES string of the molecule is Cc1ccc(S(=O)(=O)NCCc2nnc(NC(=O)CS(=O)(=O)Cc3ccccc3)s2)cc1. The largest absolute Gasteiger partial charge is 0.300 e. The summed E-state index contributed by atoms with van der Waals surface area (Å²) in [6.45, 7) is 1.97. The summed E-state index contributed by atoms with van der Waals surface area (Å²) < 4.78 is 51.5. The summed E-state index contributed by atoms with van der Waals surface area (Å²) in [4.78, 5) is 12.3. The molecule has 12 heteroatoms. The van der Waals surface area contributed by atoms with Crippen molar-refractivity contribution in [1.82, 2.24) is 14.9 Å². The van der Waals surface area contributed by atoms with Gasteiger partial charge in [0.05, 0.1) is 10.6 Å². The Balaban J connectivity index is 1.49. The minimum Gasteiger partial charge on any atom is -0.300 e. The van der Waals surface area contributed by atoms with Crippen LogP contribution < -0.4 is 10.0 Å². The van der Waals surface area contributed by atoms with Gasteiger partial charge in [0.25, 0.3) is 0 Å². The van der Waals surface area contributed by atoms with Crippen molar-refractivity contribution in [3.63, 3.8) is 0 Å². The van der Waals surface area contributed by atoms with Crippen molar-refractivity contribution in [2.24, 2.45) is 0 Å². The number of sulfone groups is 1. The summed E-state index contributed by atoms with van der Waals surface area (Å²) in [7, 11) is -7.27. The van der Waals surface area contributed by atoms with E-state index in [9.17, 15) is 21.6 Å². The lowest BCUT2D eigenvalue weighted by molar-refractivity contribution is -0.113. The number of carbonyl (C=O) groups excluding carboxylic acids is 1. The number of amides is 1. The summed E-state index contributed by atoms with van der Waals surface area (Å²) in [5.41, 5.74) is 1.56. The highest BCUT2D eigenvalue weighted by Gasteiger charge is 2.19. The van der Waals surface area contributed by atoms with Crippen molar-refractivity contribution >= 4 is 42.2 Å². The Bertz CT molecular complexity index is 1270. The van der Waals surface area contributed by atoms with Crippen molar-refractivity contribution in [2.45, 2.75) is 24.0 Å². The number of nitrogens with one attached hydrogen (secondary N) is 2. The van der Waals surface area contributed by atoms with Gasteiger partial charge in [0.2, 0.25) is 21.1 Å². The van der Waals surface area contributed by atoms with Gasteiger partial charge in [0.15, 0.2) is 9.84 Å². The van der Waals surface area contributed by atoms with E-state index in [-0.39, 0.29) is 28.7 Å². The number of hydrogen-bond donors (Lipinski definition) is 2. The van der Waals surface area contributed by atoms with Gasteiger partial charge < -0.3 is 0 Å². The second-order valence-electron chi connectivity index (χ2n) is 7.03. The van der Waals surface area contributed by atoms with Gasteiger partial charge in [-0.2, -0.15) is 0 Å². The maximum atomic E-state index is 12.3. The fraction of sp³-hybridized carbons (Fsp3) is 0.250. The molecule has 0 aliphatic carbocycles. The molecule has 0 aliphatic heterocycles. The zero-order valence-electron chi connectivity index (χ0n) is 17.2. The van der Waals surface area contributed by atoms with Crippen molar-refractivity contribution in [3.8, 4) is 0 Å². The van der Waals surface area contributed by atoms with Crippen molar-refractivity contribution in [2.75, 3.05) is 17.6 Å². The zero-order valence-corrected chi connectivity index (χ0v) is 19.6. The van der Waals surface area contributed by atoms with E-state index < -0.39 is 31.5 Å². The fourth-order valence-electron chi connectivity index (χ4n) is 2.73. The predicted octanol–water partition coefficient (Wildman–Crippen LogP) is 1.92. The Kier molecular flexibility index (Phi) is 7.72. The zero-order chi connectivity index (χ0) is 23.2. The molecule has 0 fully saturated rings. The Morgan fingerprint density at radius 2 is 1.66 bits per heavy atom. The smallest absolute Gasteiger partial charge is 0.241 e. The summed E-state index contributed by atoms with van der Waals surface area (Å²) in [5.74, 6) is -1.61. The molecular weight excluding hydrogens is 472 g/mol. The highest BCUT2D eigenvalue weighted by Crippen LogP contribution is 2.16. The second-order valence-corrected chi connectivity index (χ2v) is 11.9. The van der Waals surface area contributed by atoms with Crippen LogP contribution >= 0.6 is 11.3 Å². The first-order chi connectivity index (χ1) is 15.1. The standard InChI is InChI=1S/C20H22N4O5S3/c1-15-7-9-17(10-8-15)32(28,29)21-12-11-19-23-24-20(30-19)22-18(25)14-31(26,27)13-16-5-3-2-4-6-16/h2-10,21H,11-14H2,1H3,(H,22,24,25). The Hall–Kier alpha value is -2.67. The van der Waals surface area contributed by atoms with E-state index in [4.69, 9.17) is 0 Å². The lowest BCUT2D eigenvalue weighted by Gasteiger charge is -2.06. The predicted molar refractivity (Wildman–Crippen MR) is 123 cm³/mol. The number of aromatic nitrogens is 2. The molecule has 1 amide bonds. The van der Waals surface area contributed by atoms with E-state index >= 15 is 0 Å². The molecule has 32 heavy (non-hydrogen) atoms. The van der Waals surface area contributed by atoms with Crippen LogP contribution in [0.25, 0.3) is 0 Å². The summed E-state index contributed by atoms with van der Waals surface area (Å²) in [6.07, 6.45) is 0.269. The lowest BCUT2D eigenvalue weighted by Crippen LogP contribution is -2.25. The summed E-state index contributed by atoms with van der Waals surface area (Å²) in [5, 5.41) is 10.8. The van der Waals surface area contributed by atoms with E-state index in [0.717, 1.165) is 16.9 Å². The van der Waals surface area contributed by atoms with Crippen LogP contribution in [0.2, 0.25) is 0 Å². The molecule has 9 nitrogen and oxygen atoms in total. The maximum Gasteiger partial charge on any atom is 0.241 e. The minimum atomic E-state index is -3.64. The average molecular weight is 495 g/mol. The van der Waals surface area contributed by atoms with Crippen LogP contribution in [0.3, 0.4) is 0 Å². The summed E-state index contributed by atoms with van der Waals surface area (Å²) >= 11 is 1.06. The molecule has 1 heterocycles. The fourth-order valence-corrected chi connectivity index (χ4v) is 5.79. The van der Waals surface area contributed by atoms with Gasteiger partial charge in [-0.3, -0.25) is 10.1 Å². The van der Waals surface area contributed by atoms with Gasteiger partial charge in [-0.05, 0) is 24.6 Å². The van der Waals surface area contributed by atoms with Crippen molar-refractivity contribution in [1.29, 1.82) is 0 Å². The van der Waals surface area contributed by atoms with Crippen molar-refractivity contribution < 1.29 is 21.6 Å². The second kappa shape index (κ2) is 10.3. The monoisotopic (exact) mass is 494 g/mol. The quantitative estimate of drug-likeness (QED) is 0.439. The number of hydrogen-bond acceptors (Lipinski definition) is 8. The first-order valence-electron chi connectivity index (χ1n) is 9.56. The van der Waals surface area contributed by atoms with Gasteiger partial charge in [-0.1, -0.05) is 59.4 Å². The topological polar surface area (TPSA) is 135 Å². The molecule has 170 valence electrons. The molecule has 0 saturated carbocycles. The van der Waals surface area contributed by atoms with Gasteiger partial charge in [0, 0.05) is 13.0 Å². The molecule has 2 N–H and O–H groups in total. The van der Waals surface area contributed by atoms with Crippen LogP contribution in [0.15, 0.2) is 59.5 Å². The molecule has 0 radical (unpaired) electrons. The number of carbonyl (C=O) groups is 1. The van der Waals surface area contributed by atoms with Gasteiger partial charge in [-0.25, -0.2) is 21.6 Å². The van der Waals surface area contributed by atoms with Gasteiger partial charge in [0.1, 0.15) is 10.8 Å². The van der Waals surface area contributed by atoms with Crippen LogP contribution in [-0.4, -0.2) is 45.2 Å². The number of anilines is 1. The van der Waals surface area contributed by atoms with E-state index in [1.54, 1.807) is 42.5 Å².